The van der Waals surface area contributed by atoms with Crippen molar-refractivity contribution >= 4 is 38.5 Å². The van der Waals surface area contributed by atoms with Gasteiger partial charge >= 0.3 is 5.69 Å². The summed E-state index contributed by atoms with van der Waals surface area (Å²) in [4.78, 5) is 50.0. The highest BCUT2D eigenvalue weighted by molar-refractivity contribution is 7.18. The maximum absolute atomic E-state index is 13.5. The quantitative estimate of drug-likeness (QED) is 0.473. The van der Waals surface area contributed by atoms with Gasteiger partial charge in [-0.15, -0.1) is 11.3 Å². The van der Waals surface area contributed by atoms with Gasteiger partial charge in [-0.2, -0.15) is 4.98 Å². The fourth-order valence-corrected chi connectivity index (χ4v) is 5.48. The minimum atomic E-state index is -0.496. The highest BCUT2D eigenvalue weighted by Gasteiger charge is 2.26. The minimum Gasteiger partial charge on any atom is -0.341 e. The summed E-state index contributed by atoms with van der Waals surface area (Å²) < 4.78 is 5.14. The summed E-state index contributed by atoms with van der Waals surface area (Å²) >= 11 is 1.30. The highest BCUT2D eigenvalue weighted by atomic mass is 32.1. The Labute approximate surface area is 192 Å². The number of imidazole rings is 1. The van der Waals surface area contributed by atoms with Gasteiger partial charge in [0.25, 0.3) is 11.1 Å². The van der Waals surface area contributed by atoms with E-state index in [1.165, 1.54) is 15.9 Å². The van der Waals surface area contributed by atoms with E-state index < -0.39 is 11.2 Å². The Kier molecular flexibility index (Phi) is 5.37. The second-order valence-corrected chi connectivity index (χ2v) is 9.43. The molecular weight excluding hydrogens is 442 g/mol. The Balaban J connectivity index is 1.67. The first-order valence-corrected chi connectivity index (χ1v) is 11.8. The molecule has 172 valence electrons. The summed E-state index contributed by atoms with van der Waals surface area (Å²) in [5, 5.41) is 0.928. The van der Waals surface area contributed by atoms with Crippen LogP contribution in [0.1, 0.15) is 24.8 Å². The molecule has 0 amide bonds. The summed E-state index contributed by atoms with van der Waals surface area (Å²) in [6, 6.07) is 7.22. The zero-order chi connectivity index (χ0) is 23.3. The lowest BCUT2D eigenvalue weighted by Gasteiger charge is -2.31. The SMILES string of the molecule is CCn1c(N2CCCC(N)C2)nc2c1c(=O)n(Cc1nc(=O)c3ccccc3s1)c(=O)n2C. The predicted molar refractivity (Wildman–Crippen MR) is 129 cm³/mol. The third-order valence-electron chi connectivity index (χ3n) is 6.13. The van der Waals surface area contributed by atoms with Gasteiger partial charge in [0.05, 0.1) is 11.9 Å². The van der Waals surface area contributed by atoms with Crippen molar-refractivity contribution in [2.75, 3.05) is 18.0 Å². The van der Waals surface area contributed by atoms with Crippen molar-refractivity contribution in [1.29, 1.82) is 0 Å². The predicted octanol–water partition coefficient (Wildman–Crippen LogP) is 0.862. The third-order valence-corrected chi connectivity index (χ3v) is 7.17. The monoisotopic (exact) mass is 467 g/mol. The Morgan fingerprint density at radius 3 is 2.70 bits per heavy atom. The van der Waals surface area contributed by atoms with Crippen molar-refractivity contribution in [2.24, 2.45) is 12.8 Å². The molecule has 10 nitrogen and oxygen atoms in total. The van der Waals surface area contributed by atoms with Crippen LogP contribution >= 0.6 is 11.3 Å². The van der Waals surface area contributed by atoms with E-state index in [2.05, 4.69) is 14.9 Å². The molecule has 0 radical (unpaired) electrons. The van der Waals surface area contributed by atoms with Crippen LogP contribution < -0.4 is 27.4 Å². The van der Waals surface area contributed by atoms with Gasteiger partial charge in [0.2, 0.25) is 5.95 Å². The standard InChI is InChI=1S/C22H25N7O3S/c1-3-28-17-18(25-21(28)27-10-6-7-13(23)11-27)26(2)22(32)29(20(17)31)12-16-24-19(30)14-8-4-5-9-15(14)33-16/h4-5,8-9,13H,3,6-7,10-12,23H2,1-2H3. The van der Waals surface area contributed by atoms with Crippen LogP contribution in [0.15, 0.2) is 38.6 Å². The fraction of sp³-hybridized carbons (Fsp3) is 0.409. The number of anilines is 1. The topological polar surface area (TPSA) is 121 Å². The molecule has 4 heterocycles. The fourth-order valence-electron chi connectivity index (χ4n) is 4.49. The molecule has 1 saturated heterocycles. The van der Waals surface area contributed by atoms with E-state index >= 15 is 0 Å². The zero-order valence-corrected chi connectivity index (χ0v) is 19.3. The number of aromatic nitrogens is 5. The molecule has 1 unspecified atom stereocenters. The number of nitrogens with two attached hydrogens (primary N) is 1. The molecule has 11 heteroatoms. The van der Waals surface area contributed by atoms with Crippen molar-refractivity contribution in [3.8, 4) is 0 Å². The number of fused-ring (bicyclic) bond motifs is 2. The van der Waals surface area contributed by atoms with Gasteiger partial charge in [0.1, 0.15) is 5.01 Å². The molecule has 5 rings (SSSR count). The van der Waals surface area contributed by atoms with Crippen molar-refractivity contribution in [2.45, 2.75) is 38.9 Å². The van der Waals surface area contributed by atoms with Gasteiger partial charge in [-0.1, -0.05) is 12.1 Å². The van der Waals surface area contributed by atoms with Crippen LogP contribution in [0, 0.1) is 0 Å². The molecule has 4 aromatic rings. The molecule has 0 bridgehead atoms. The van der Waals surface area contributed by atoms with Crippen LogP contribution in [-0.2, 0) is 20.1 Å². The lowest BCUT2D eigenvalue weighted by atomic mass is 10.1. The molecule has 3 aromatic heterocycles. The number of aryl methyl sites for hydroxylation is 2. The minimum absolute atomic E-state index is 0.0473. The Morgan fingerprint density at radius 1 is 1.15 bits per heavy atom. The Hall–Kier alpha value is -3.31. The van der Waals surface area contributed by atoms with Gasteiger partial charge < -0.3 is 15.2 Å². The summed E-state index contributed by atoms with van der Waals surface area (Å²) in [5.41, 5.74) is 5.57. The average molecular weight is 468 g/mol. The smallest absolute Gasteiger partial charge is 0.332 e. The van der Waals surface area contributed by atoms with Gasteiger partial charge in [0, 0.05) is 37.4 Å². The first-order chi connectivity index (χ1) is 15.9. The maximum atomic E-state index is 13.5. The third kappa shape index (κ3) is 3.57. The van der Waals surface area contributed by atoms with E-state index in [4.69, 9.17) is 5.73 Å². The molecule has 1 aromatic carbocycles. The summed E-state index contributed by atoms with van der Waals surface area (Å²) in [6.07, 6.45) is 1.90. The van der Waals surface area contributed by atoms with Crippen LogP contribution in [0.3, 0.4) is 0 Å². The molecule has 0 aliphatic carbocycles. The zero-order valence-electron chi connectivity index (χ0n) is 18.5. The number of hydrogen-bond acceptors (Lipinski definition) is 8. The van der Waals surface area contributed by atoms with Crippen molar-refractivity contribution in [1.82, 2.24) is 23.7 Å². The van der Waals surface area contributed by atoms with Crippen molar-refractivity contribution < 1.29 is 0 Å². The number of nitrogens with zero attached hydrogens (tertiary/aromatic N) is 6. The van der Waals surface area contributed by atoms with E-state index in [1.807, 2.05) is 23.6 Å². The van der Waals surface area contributed by atoms with Gasteiger partial charge in [-0.3, -0.25) is 18.7 Å². The van der Waals surface area contributed by atoms with Crippen LogP contribution in [0.4, 0.5) is 5.95 Å². The molecule has 0 saturated carbocycles. The van der Waals surface area contributed by atoms with Crippen molar-refractivity contribution in [3.63, 3.8) is 0 Å². The van der Waals surface area contributed by atoms with Crippen LogP contribution in [0.5, 0.6) is 0 Å². The lowest BCUT2D eigenvalue weighted by Crippen LogP contribution is -2.44. The number of hydrogen-bond donors (Lipinski definition) is 1. The van der Waals surface area contributed by atoms with Crippen LogP contribution in [0.2, 0.25) is 0 Å². The van der Waals surface area contributed by atoms with Gasteiger partial charge in [-0.05, 0) is 31.9 Å². The number of benzene rings is 1. The van der Waals surface area contributed by atoms with Crippen molar-refractivity contribution in [3.05, 3.63) is 60.5 Å². The van der Waals surface area contributed by atoms with E-state index in [9.17, 15) is 14.4 Å². The van der Waals surface area contributed by atoms with Crippen LogP contribution in [-0.4, -0.2) is 42.8 Å². The second kappa shape index (κ2) is 8.23. The Morgan fingerprint density at radius 2 is 1.94 bits per heavy atom. The largest absolute Gasteiger partial charge is 0.341 e. The van der Waals surface area contributed by atoms with E-state index in [0.29, 0.717) is 40.6 Å². The van der Waals surface area contributed by atoms with E-state index in [1.54, 1.807) is 19.2 Å². The number of rotatable bonds is 4. The maximum Gasteiger partial charge on any atom is 0.332 e. The van der Waals surface area contributed by atoms with Crippen LogP contribution in [0.25, 0.3) is 21.3 Å². The first-order valence-electron chi connectivity index (χ1n) is 11.0. The molecule has 1 atom stereocenters. The lowest BCUT2D eigenvalue weighted by molar-refractivity contribution is 0.494. The molecule has 1 aliphatic heterocycles. The molecule has 2 N–H and O–H groups in total. The normalized spacial score (nSPS) is 16.7. The van der Waals surface area contributed by atoms with E-state index in [-0.39, 0.29) is 18.1 Å². The molecule has 1 fully saturated rings. The Bertz CT molecular complexity index is 1550. The molecule has 33 heavy (non-hydrogen) atoms. The first kappa shape index (κ1) is 21.5. The number of piperidine rings is 1. The molecule has 1 aliphatic rings. The highest BCUT2D eigenvalue weighted by Crippen LogP contribution is 2.23. The van der Waals surface area contributed by atoms with E-state index in [0.717, 1.165) is 28.7 Å². The summed E-state index contributed by atoms with van der Waals surface area (Å²) in [7, 11) is 1.61. The van der Waals surface area contributed by atoms with Gasteiger partial charge in [0.15, 0.2) is 11.2 Å². The molecular formula is C22H25N7O3S. The summed E-state index contributed by atoms with van der Waals surface area (Å²) in [6.45, 7) is 3.84. The van der Waals surface area contributed by atoms with Gasteiger partial charge in [-0.25, -0.2) is 9.78 Å². The molecule has 0 spiro atoms. The summed E-state index contributed by atoms with van der Waals surface area (Å²) in [5.74, 6) is 0.654. The second-order valence-electron chi connectivity index (χ2n) is 8.32. The average Bonchev–Trinajstić information content (AvgIpc) is 3.20.